The Morgan fingerprint density at radius 2 is 1.78 bits per heavy atom. The molecule has 0 heterocycles. The SMILES string of the molecule is CCCCCCCCN[C@@H](CCCCN)C(=O)O. The average Bonchev–Trinajstić information content (AvgIpc) is 2.35. The van der Waals surface area contributed by atoms with Crippen molar-refractivity contribution in [3.8, 4) is 0 Å². The maximum Gasteiger partial charge on any atom is 0.320 e. The fourth-order valence-electron chi connectivity index (χ4n) is 1.99. The van der Waals surface area contributed by atoms with Crippen LogP contribution in [0.1, 0.15) is 64.7 Å². The number of nitrogens with one attached hydrogen (secondary N) is 1. The summed E-state index contributed by atoms with van der Waals surface area (Å²) >= 11 is 0. The Morgan fingerprint density at radius 1 is 1.11 bits per heavy atom. The fraction of sp³-hybridized carbons (Fsp3) is 0.929. The van der Waals surface area contributed by atoms with Crippen LogP contribution in [0.4, 0.5) is 0 Å². The summed E-state index contributed by atoms with van der Waals surface area (Å²) in [5.74, 6) is -0.738. The highest BCUT2D eigenvalue weighted by atomic mass is 16.4. The molecular weight excluding hydrogens is 228 g/mol. The van der Waals surface area contributed by atoms with Crippen LogP contribution in [0.5, 0.6) is 0 Å². The quantitative estimate of drug-likeness (QED) is 0.444. The third-order valence-corrected chi connectivity index (χ3v) is 3.17. The first-order valence-corrected chi connectivity index (χ1v) is 7.38. The Hall–Kier alpha value is -0.610. The van der Waals surface area contributed by atoms with Gasteiger partial charge in [-0.3, -0.25) is 4.79 Å². The van der Waals surface area contributed by atoms with Crippen LogP contribution < -0.4 is 11.1 Å². The zero-order valence-corrected chi connectivity index (χ0v) is 11.8. The number of nitrogens with two attached hydrogens (primary N) is 1. The molecule has 0 aliphatic rings. The molecule has 18 heavy (non-hydrogen) atoms. The topological polar surface area (TPSA) is 75.3 Å². The number of carboxylic acids is 1. The van der Waals surface area contributed by atoms with E-state index in [-0.39, 0.29) is 0 Å². The maximum atomic E-state index is 11.0. The molecule has 0 aliphatic carbocycles. The molecule has 0 spiro atoms. The molecule has 0 aromatic carbocycles. The predicted molar refractivity (Wildman–Crippen MR) is 75.7 cm³/mol. The molecule has 0 aromatic heterocycles. The van der Waals surface area contributed by atoms with Gasteiger partial charge < -0.3 is 16.2 Å². The van der Waals surface area contributed by atoms with Crippen LogP contribution in [0.25, 0.3) is 0 Å². The second-order valence-corrected chi connectivity index (χ2v) is 4.90. The van der Waals surface area contributed by atoms with Gasteiger partial charge >= 0.3 is 5.97 Å². The summed E-state index contributed by atoms with van der Waals surface area (Å²) in [7, 11) is 0. The van der Waals surface area contributed by atoms with Gasteiger partial charge in [0.15, 0.2) is 0 Å². The van der Waals surface area contributed by atoms with E-state index < -0.39 is 12.0 Å². The van der Waals surface area contributed by atoms with Gasteiger partial charge in [-0.1, -0.05) is 45.4 Å². The van der Waals surface area contributed by atoms with Crippen LogP contribution in [-0.2, 0) is 4.79 Å². The lowest BCUT2D eigenvalue weighted by Crippen LogP contribution is -2.37. The molecule has 0 bridgehead atoms. The summed E-state index contributed by atoms with van der Waals surface area (Å²) < 4.78 is 0. The molecule has 1 atom stereocenters. The number of hydrogen-bond acceptors (Lipinski definition) is 3. The highest BCUT2D eigenvalue weighted by molar-refractivity contribution is 5.73. The summed E-state index contributed by atoms with van der Waals surface area (Å²) in [6.07, 6.45) is 9.88. The van der Waals surface area contributed by atoms with Gasteiger partial charge in [-0.2, -0.15) is 0 Å². The van der Waals surface area contributed by atoms with Crippen LogP contribution in [0, 0.1) is 0 Å². The lowest BCUT2D eigenvalue weighted by atomic mass is 10.1. The van der Waals surface area contributed by atoms with E-state index in [1.54, 1.807) is 0 Å². The van der Waals surface area contributed by atoms with Crippen molar-refractivity contribution in [2.45, 2.75) is 70.8 Å². The molecule has 0 rings (SSSR count). The van der Waals surface area contributed by atoms with Crippen LogP contribution in [0.2, 0.25) is 0 Å². The second kappa shape index (κ2) is 12.8. The smallest absolute Gasteiger partial charge is 0.320 e. The molecule has 0 saturated carbocycles. The zero-order valence-electron chi connectivity index (χ0n) is 11.8. The van der Waals surface area contributed by atoms with E-state index in [1.807, 2.05) is 0 Å². The van der Waals surface area contributed by atoms with Crippen LogP contribution in [0.15, 0.2) is 0 Å². The van der Waals surface area contributed by atoms with Gasteiger partial charge in [0.1, 0.15) is 6.04 Å². The maximum absolute atomic E-state index is 11.0. The molecule has 0 radical (unpaired) electrons. The van der Waals surface area contributed by atoms with E-state index in [9.17, 15) is 4.79 Å². The second-order valence-electron chi connectivity index (χ2n) is 4.90. The number of rotatable bonds is 13. The highest BCUT2D eigenvalue weighted by Gasteiger charge is 2.15. The number of aliphatic carboxylic acids is 1. The van der Waals surface area contributed by atoms with E-state index in [0.29, 0.717) is 13.0 Å². The van der Waals surface area contributed by atoms with Crippen molar-refractivity contribution in [1.29, 1.82) is 0 Å². The minimum atomic E-state index is -0.738. The van der Waals surface area contributed by atoms with Gasteiger partial charge in [-0.05, 0) is 32.4 Å². The van der Waals surface area contributed by atoms with Crippen molar-refractivity contribution in [1.82, 2.24) is 5.32 Å². The third kappa shape index (κ3) is 10.5. The summed E-state index contributed by atoms with van der Waals surface area (Å²) in [5.41, 5.74) is 5.40. The molecule has 0 saturated heterocycles. The zero-order chi connectivity index (χ0) is 13.6. The first kappa shape index (κ1) is 17.4. The molecule has 0 unspecified atom stereocenters. The molecule has 0 amide bonds. The lowest BCUT2D eigenvalue weighted by molar-refractivity contribution is -0.139. The normalized spacial score (nSPS) is 12.6. The Balaban J connectivity index is 3.49. The summed E-state index contributed by atoms with van der Waals surface area (Å²) in [4.78, 5) is 11.0. The molecule has 4 N–H and O–H groups in total. The van der Waals surface area contributed by atoms with Gasteiger partial charge in [0.05, 0.1) is 0 Å². The van der Waals surface area contributed by atoms with Gasteiger partial charge in [-0.15, -0.1) is 0 Å². The third-order valence-electron chi connectivity index (χ3n) is 3.17. The van der Waals surface area contributed by atoms with E-state index >= 15 is 0 Å². The average molecular weight is 258 g/mol. The van der Waals surface area contributed by atoms with Gasteiger partial charge in [-0.25, -0.2) is 0 Å². The molecule has 0 fully saturated rings. The van der Waals surface area contributed by atoms with Crippen molar-refractivity contribution >= 4 is 5.97 Å². The number of carboxylic acid groups (broad SMARTS) is 1. The van der Waals surface area contributed by atoms with Crippen molar-refractivity contribution in [3.05, 3.63) is 0 Å². The summed E-state index contributed by atoms with van der Waals surface area (Å²) in [6, 6.07) is -0.396. The van der Waals surface area contributed by atoms with Crippen LogP contribution >= 0.6 is 0 Å². The Labute approximate surface area is 111 Å². The number of carbonyl (C=O) groups is 1. The highest BCUT2D eigenvalue weighted by Crippen LogP contribution is 2.05. The first-order valence-electron chi connectivity index (χ1n) is 7.38. The summed E-state index contributed by atoms with van der Waals surface area (Å²) in [6.45, 7) is 3.66. The first-order chi connectivity index (χ1) is 8.72. The Kier molecular flexibility index (Phi) is 12.4. The van der Waals surface area contributed by atoms with Crippen molar-refractivity contribution in [3.63, 3.8) is 0 Å². The van der Waals surface area contributed by atoms with Crippen LogP contribution in [0.3, 0.4) is 0 Å². The standard InChI is InChI=1S/C14H30N2O2/c1-2-3-4-5-6-9-12-16-13(14(17)18)10-7-8-11-15/h13,16H,2-12,15H2,1H3,(H,17,18)/t13-/m0/s1. The van der Waals surface area contributed by atoms with Crippen LogP contribution in [-0.4, -0.2) is 30.2 Å². The minimum absolute atomic E-state index is 0.396. The largest absolute Gasteiger partial charge is 0.480 e. The molecule has 4 heteroatoms. The van der Waals surface area contributed by atoms with E-state index in [0.717, 1.165) is 25.8 Å². The molecule has 0 aliphatic heterocycles. The molecule has 4 nitrogen and oxygen atoms in total. The number of hydrogen-bond donors (Lipinski definition) is 3. The minimum Gasteiger partial charge on any atom is -0.480 e. The predicted octanol–water partition coefficient (Wildman–Crippen LogP) is 2.52. The Morgan fingerprint density at radius 3 is 2.39 bits per heavy atom. The van der Waals surface area contributed by atoms with Gasteiger partial charge in [0.2, 0.25) is 0 Å². The van der Waals surface area contributed by atoms with Gasteiger partial charge in [0, 0.05) is 0 Å². The van der Waals surface area contributed by atoms with Crippen molar-refractivity contribution in [2.75, 3.05) is 13.1 Å². The lowest BCUT2D eigenvalue weighted by Gasteiger charge is -2.14. The molecule has 0 aromatic rings. The van der Waals surface area contributed by atoms with Crippen molar-refractivity contribution < 1.29 is 9.90 Å². The molecular formula is C14H30N2O2. The van der Waals surface area contributed by atoms with E-state index in [1.165, 1.54) is 32.1 Å². The van der Waals surface area contributed by atoms with Crippen molar-refractivity contribution in [2.24, 2.45) is 5.73 Å². The fourth-order valence-corrected chi connectivity index (χ4v) is 1.99. The summed E-state index contributed by atoms with van der Waals surface area (Å²) in [5, 5.41) is 12.2. The van der Waals surface area contributed by atoms with Gasteiger partial charge in [0.25, 0.3) is 0 Å². The molecule has 108 valence electrons. The monoisotopic (exact) mass is 258 g/mol. The van der Waals surface area contributed by atoms with E-state index in [4.69, 9.17) is 10.8 Å². The number of unbranched alkanes of at least 4 members (excludes halogenated alkanes) is 6. The Bertz CT molecular complexity index is 198. The van der Waals surface area contributed by atoms with E-state index in [2.05, 4.69) is 12.2 Å².